The molecule has 3 nitrogen and oxygen atoms in total. The summed E-state index contributed by atoms with van der Waals surface area (Å²) in [5.41, 5.74) is 8.99. The van der Waals surface area contributed by atoms with Crippen LogP contribution in [0.1, 0.15) is 31.2 Å². The number of nitrogens with two attached hydrogens (primary N) is 1. The average Bonchev–Trinajstić information content (AvgIpc) is 2.95. The molecule has 0 bridgehead atoms. The van der Waals surface area contributed by atoms with E-state index in [1.165, 1.54) is 0 Å². The van der Waals surface area contributed by atoms with Crippen molar-refractivity contribution in [3.05, 3.63) is 34.7 Å². The number of nitrogens with zero attached hydrogens (tertiary/aromatic N) is 2. The van der Waals surface area contributed by atoms with Gasteiger partial charge in [0, 0.05) is 5.69 Å². The van der Waals surface area contributed by atoms with E-state index in [0.717, 1.165) is 36.3 Å². The Hall–Kier alpha value is -1.06. The standard InChI is InChI=1S/C12H14ClN3/c1-2-8-11(13)16-9(12(14)6-7-12)4-3-5-10(16)15-8/h3-5H,2,6-7,14H2,1H3. The van der Waals surface area contributed by atoms with Crippen molar-refractivity contribution in [3.8, 4) is 0 Å². The van der Waals surface area contributed by atoms with E-state index in [-0.39, 0.29) is 5.54 Å². The van der Waals surface area contributed by atoms with Crippen LogP contribution < -0.4 is 5.73 Å². The molecule has 0 aromatic carbocycles. The van der Waals surface area contributed by atoms with Crippen LogP contribution in [0.15, 0.2) is 18.2 Å². The first-order chi connectivity index (χ1) is 7.65. The third-order valence-corrected chi connectivity index (χ3v) is 3.67. The minimum atomic E-state index is -0.186. The summed E-state index contributed by atoms with van der Waals surface area (Å²) in [5, 5.41) is 0.713. The number of imidazole rings is 1. The molecule has 0 spiro atoms. The summed E-state index contributed by atoms with van der Waals surface area (Å²) in [6.07, 6.45) is 2.90. The van der Waals surface area contributed by atoms with Gasteiger partial charge < -0.3 is 5.73 Å². The maximum absolute atomic E-state index is 6.34. The van der Waals surface area contributed by atoms with Gasteiger partial charge in [-0.2, -0.15) is 0 Å². The Morgan fingerprint density at radius 3 is 2.88 bits per heavy atom. The summed E-state index contributed by atoms with van der Waals surface area (Å²) in [7, 11) is 0. The first-order valence-corrected chi connectivity index (χ1v) is 5.99. The number of halogens is 1. The molecule has 2 aromatic rings. The summed E-state index contributed by atoms with van der Waals surface area (Å²) in [4.78, 5) is 4.51. The molecule has 3 rings (SSSR count). The molecule has 0 atom stereocenters. The van der Waals surface area contributed by atoms with E-state index in [1.54, 1.807) is 0 Å². The van der Waals surface area contributed by atoms with Gasteiger partial charge in [-0.25, -0.2) is 4.98 Å². The fraction of sp³-hybridized carbons (Fsp3) is 0.417. The summed E-state index contributed by atoms with van der Waals surface area (Å²) >= 11 is 6.34. The predicted octanol–water partition coefficient (Wildman–Crippen LogP) is 2.50. The zero-order chi connectivity index (χ0) is 11.3. The van der Waals surface area contributed by atoms with Gasteiger partial charge in [0.15, 0.2) is 0 Å². The molecule has 1 aliphatic carbocycles. The molecule has 0 amide bonds. The van der Waals surface area contributed by atoms with Crippen molar-refractivity contribution >= 4 is 17.2 Å². The highest BCUT2D eigenvalue weighted by Gasteiger charge is 2.42. The van der Waals surface area contributed by atoms with E-state index in [0.29, 0.717) is 5.15 Å². The SMILES string of the molecule is CCc1nc2cccc(C3(N)CC3)n2c1Cl. The van der Waals surface area contributed by atoms with E-state index in [9.17, 15) is 0 Å². The molecule has 2 N–H and O–H groups in total. The number of pyridine rings is 1. The summed E-state index contributed by atoms with van der Waals surface area (Å²) < 4.78 is 1.99. The molecule has 0 aliphatic heterocycles. The normalized spacial score (nSPS) is 17.9. The van der Waals surface area contributed by atoms with Crippen LogP contribution in [0.2, 0.25) is 5.15 Å². The molecule has 2 heterocycles. The van der Waals surface area contributed by atoms with Crippen LogP contribution in [0.25, 0.3) is 5.65 Å². The van der Waals surface area contributed by atoms with Crippen LogP contribution in [0.5, 0.6) is 0 Å². The van der Waals surface area contributed by atoms with Crippen molar-refractivity contribution in [1.29, 1.82) is 0 Å². The number of fused-ring (bicyclic) bond motifs is 1. The second-order valence-corrected chi connectivity index (χ2v) is 4.82. The fourth-order valence-corrected chi connectivity index (χ4v) is 2.46. The molecule has 2 aromatic heterocycles. The molecular formula is C12H14ClN3. The largest absolute Gasteiger partial charge is 0.320 e. The number of hydrogen-bond donors (Lipinski definition) is 1. The highest BCUT2D eigenvalue weighted by atomic mass is 35.5. The maximum atomic E-state index is 6.34. The van der Waals surface area contributed by atoms with Crippen LogP contribution in [0.3, 0.4) is 0 Å². The van der Waals surface area contributed by atoms with Crippen LogP contribution in [-0.2, 0) is 12.0 Å². The van der Waals surface area contributed by atoms with Gasteiger partial charge in [-0.3, -0.25) is 4.40 Å². The molecule has 0 radical (unpaired) electrons. The van der Waals surface area contributed by atoms with Gasteiger partial charge in [0.05, 0.1) is 11.2 Å². The van der Waals surface area contributed by atoms with Crippen LogP contribution >= 0.6 is 11.6 Å². The van der Waals surface area contributed by atoms with Crippen molar-refractivity contribution in [2.75, 3.05) is 0 Å². The van der Waals surface area contributed by atoms with E-state index < -0.39 is 0 Å². The van der Waals surface area contributed by atoms with E-state index in [2.05, 4.69) is 11.9 Å². The lowest BCUT2D eigenvalue weighted by Gasteiger charge is -2.12. The average molecular weight is 236 g/mol. The Bertz CT molecular complexity index is 555. The molecule has 4 heteroatoms. The highest BCUT2D eigenvalue weighted by molar-refractivity contribution is 6.30. The molecule has 84 valence electrons. The van der Waals surface area contributed by atoms with Gasteiger partial charge >= 0.3 is 0 Å². The summed E-state index contributed by atoms with van der Waals surface area (Å²) in [6.45, 7) is 2.06. The summed E-state index contributed by atoms with van der Waals surface area (Å²) in [5.74, 6) is 0. The van der Waals surface area contributed by atoms with Gasteiger partial charge in [0.25, 0.3) is 0 Å². The van der Waals surface area contributed by atoms with Gasteiger partial charge in [0.1, 0.15) is 10.8 Å². The monoisotopic (exact) mass is 235 g/mol. The predicted molar refractivity (Wildman–Crippen MR) is 64.7 cm³/mol. The third kappa shape index (κ3) is 1.28. The first-order valence-electron chi connectivity index (χ1n) is 5.61. The molecule has 1 fully saturated rings. The number of hydrogen-bond acceptors (Lipinski definition) is 2. The Kier molecular flexibility index (Phi) is 2.03. The van der Waals surface area contributed by atoms with Gasteiger partial charge in [-0.1, -0.05) is 24.6 Å². The molecule has 1 saturated carbocycles. The fourth-order valence-electron chi connectivity index (χ4n) is 2.11. The lowest BCUT2D eigenvalue weighted by molar-refractivity contribution is 0.694. The quantitative estimate of drug-likeness (QED) is 0.869. The molecule has 16 heavy (non-hydrogen) atoms. The van der Waals surface area contributed by atoms with Gasteiger partial charge in [0.2, 0.25) is 0 Å². The highest BCUT2D eigenvalue weighted by Crippen LogP contribution is 2.43. The lowest BCUT2D eigenvalue weighted by Crippen LogP contribution is -2.22. The lowest BCUT2D eigenvalue weighted by atomic mass is 10.1. The van der Waals surface area contributed by atoms with Crippen molar-refractivity contribution in [3.63, 3.8) is 0 Å². The Morgan fingerprint density at radius 2 is 2.25 bits per heavy atom. The topological polar surface area (TPSA) is 43.3 Å². The smallest absolute Gasteiger partial charge is 0.138 e. The van der Waals surface area contributed by atoms with Crippen molar-refractivity contribution < 1.29 is 0 Å². The van der Waals surface area contributed by atoms with Crippen molar-refractivity contribution in [2.24, 2.45) is 5.73 Å². The van der Waals surface area contributed by atoms with E-state index >= 15 is 0 Å². The Morgan fingerprint density at radius 1 is 1.50 bits per heavy atom. The first kappa shape index (κ1) is 10.1. The Labute approximate surface area is 99.2 Å². The zero-order valence-corrected chi connectivity index (χ0v) is 9.96. The molecule has 0 saturated heterocycles. The third-order valence-electron chi connectivity index (χ3n) is 3.29. The number of aromatic nitrogens is 2. The Balaban J connectivity index is 2.33. The van der Waals surface area contributed by atoms with Crippen molar-refractivity contribution in [2.45, 2.75) is 31.7 Å². The van der Waals surface area contributed by atoms with Crippen LogP contribution in [-0.4, -0.2) is 9.38 Å². The maximum Gasteiger partial charge on any atom is 0.138 e. The molecular weight excluding hydrogens is 222 g/mol. The number of rotatable bonds is 2. The van der Waals surface area contributed by atoms with E-state index in [1.807, 2.05) is 22.6 Å². The molecule has 0 unspecified atom stereocenters. The van der Waals surface area contributed by atoms with Crippen LogP contribution in [0, 0.1) is 0 Å². The van der Waals surface area contributed by atoms with Gasteiger partial charge in [-0.05, 0) is 31.4 Å². The minimum Gasteiger partial charge on any atom is -0.320 e. The summed E-state index contributed by atoms with van der Waals surface area (Å²) in [6, 6.07) is 6.02. The second-order valence-electron chi connectivity index (χ2n) is 4.46. The zero-order valence-electron chi connectivity index (χ0n) is 9.20. The number of aryl methyl sites for hydroxylation is 1. The van der Waals surface area contributed by atoms with E-state index in [4.69, 9.17) is 17.3 Å². The van der Waals surface area contributed by atoms with Crippen LogP contribution in [0.4, 0.5) is 0 Å². The van der Waals surface area contributed by atoms with Crippen molar-refractivity contribution in [1.82, 2.24) is 9.38 Å². The minimum absolute atomic E-state index is 0.186. The second kappa shape index (κ2) is 3.22. The molecule has 1 aliphatic rings. The van der Waals surface area contributed by atoms with Gasteiger partial charge in [-0.15, -0.1) is 0 Å².